The fourth-order valence-corrected chi connectivity index (χ4v) is 6.32. The second kappa shape index (κ2) is 9.43. The molecule has 11 heteroatoms. The lowest BCUT2D eigenvalue weighted by Gasteiger charge is -2.60. The number of halogens is 3. The Hall–Kier alpha value is -1.92. The van der Waals surface area contributed by atoms with Crippen LogP contribution in [0.25, 0.3) is 0 Å². The summed E-state index contributed by atoms with van der Waals surface area (Å²) in [5, 5.41) is 5.16. The highest BCUT2D eigenvalue weighted by Crippen LogP contribution is 2.60. The van der Waals surface area contributed by atoms with E-state index in [4.69, 9.17) is 24.0 Å². The average Bonchev–Trinajstić information content (AvgIpc) is 3.05. The Kier molecular flexibility index (Phi) is 6.74. The van der Waals surface area contributed by atoms with Gasteiger partial charge < -0.3 is 24.8 Å². The summed E-state index contributed by atoms with van der Waals surface area (Å²) in [6.45, 7) is 6.59. The quantitative estimate of drug-likeness (QED) is 0.422. The maximum atomic E-state index is 12.7. The Morgan fingerprint density at radius 3 is 2.58 bits per heavy atom. The topological polar surface area (TPSA) is 87.3 Å². The summed E-state index contributed by atoms with van der Waals surface area (Å²) in [6, 6.07) is 3.71. The maximum Gasteiger partial charge on any atom is 0.416 e. The van der Waals surface area contributed by atoms with Gasteiger partial charge in [-0.25, -0.2) is 14.6 Å². The zero-order valence-corrected chi connectivity index (χ0v) is 20.6. The van der Waals surface area contributed by atoms with Crippen LogP contribution >= 0.6 is 0 Å². The number of carbonyl (C=O) groups excluding carboxylic acids is 1. The smallest absolute Gasteiger partial charge is 0.350 e. The molecule has 4 aliphatic heterocycles. The zero-order chi connectivity index (χ0) is 25.7. The molecule has 1 spiro atoms. The highest BCUT2D eigenvalue weighted by molar-refractivity contribution is 5.89. The zero-order valence-electron chi connectivity index (χ0n) is 20.6. The van der Waals surface area contributed by atoms with E-state index in [0.717, 1.165) is 37.8 Å². The number of ether oxygens (including phenoxy) is 3. The molecule has 6 rings (SSSR count). The summed E-state index contributed by atoms with van der Waals surface area (Å²) in [6.07, 6.45) is -1.84. The Morgan fingerprint density at radius 1 is 1.11 bits per heavy atom. The Bertz CT molecular complexity index is 962. The van der Waals surface area contributed by atoms with Gasteiger partial charge in [0.15, 0.2) is 18.2 Å². The van der Waals surface area contributed by atoms with E-state index in [1.165, 1.54) is 12.1 Å². The van der Waals surface area contributed by atoms with Crippen LogP contribution in [0.2, 0.25) is 0 Å². The van der Waals surface area contributed by atoms with Gasteiger partial charge in [0.1, 0.15) is 0 Å². The van der Waals surface area contributed by atoms with Gasteiger partial charge >= 0.3 is 12.2 Å². The van der Waals surface area contributed by atoms with E-state index in [2.05, 4.69) is 24.5 Å². The third kappa shape index (κ3) is 4.60. The predicted octanol–water partition coefficient (Wildman–Crippen LogP) is 5.05. The minimum absolute atomic E-state index is 0.0203. The molecule has 2 amide bonds. The monoisotopic (exact) mass is 514 g/mol. The standard InChI is InChI=1S/C25H33F3N2O6/c1-14-4-9-19-15(2)20(33-21-24(19)18(14)10-11-23(3,34-21)35-36-24)32-13-12-29-22(31)30-17-7-5-16(6-8-17)25(26,27)28/h5-8,14-15,18-21H,4,9-13H2,1-3H3,(H2,29,30,31)/t14-,15-,18+,19+,20-,21-,23-,24-/m1/s1. The van der Waals surface area contributed by atoms with Gasteiger partial charge in [0.05, 0.1) is 12.2 Å². The second-order valence-corrected chi connectivity index (χ2v) is 10.6. The molecule has 1 aromatic rings. The van der Waals surface area contributed by atoms with E-state index in [1.807, 2.05) is 6.92 Å². The van der Waals surface area contributed by atoms with Crippen molar-refractivity contribution in [1.29, 1.82) is 0 Å². The van der Waals surface area contributed by atoms with E-state index >= 15 is 0 Å². The lowest BCUT2D eigenvalue weighted by atomic mass is 9.58. The summed E-state index contributed by atoms with van der Waals surface area (Å²) >= 11 is 0. The van der Waals surface area contributed by atoms with Crippen LogP contribution < -0.4 is 10.6 Å². The lowest BCUT2D eigenvalue weighted by molar-refractivity contribution is -0.577. The minimum Gasteiger partial charge on any atom is -0.350 e. The van der Waals surface area contributed by atoms with Crippen LogP contribution in [0.4, 0.5) is 23.7 Å². The molecular weight excluding hydrogens is 481 g/mol. The van der Waals surface area contributed by atoms with Crippen molar-refractivity contribution in [1.82, 2.24) is 5.32 Å². The van der Waals surface area contributed by atoms with Crippen molar-refractivity contribution in [3.8, 4) is 0 Å². The lowest BCUT2D eigenvalue weighted by Crippen LogP contribution is -2.70. The molecule has 5 aliphatic rings. The molecule has 1 aliphatic carbocycles. The Balaban J connectivity index is 1.15. The van der Waals surface area contributed by atoms with Crippen LogP contribution in [0.1, 0.15) is 52.0 Å². The van der Waals surface area contributed by atoms with Gasteiger partial charge in [0.25, 0.3) is 0 Å². The van der Waals surface area contributed by atoms with Crippen molar-refractivity contribution in [2.45, 2.75) is 76.6 Å². The number of benzene rings is 1. The SMILES string of the molecule is C[C@H]1[C@H](OCCNC(=O)Nc2ccc(C(F)(F)F)cc2)O[C@@H]2O[C@@]3(C)CC[C@H]4[C@H](C)CC[C@@H]1[C@@]24OO3. The van der Waals surface area contributed by atoms with E-state index < -0.39 is 41.7 Å². The number of hydrogen-bond donors (Lipinski definition) is 2. The normalized spacial score (nSPS) is 39.7. The highest BCUT2D eigenvalue weighted by atomic mass is 19.4. The van der Waals surface area contributed by atoms with E-state index in [-0.39, 0.29) is 36.6 Å². The van der Waals surface area contributed by atoms with Crippen molar-refractivity contribution in [2.75, 3.05) is 18.5 Å². The number of alkyl halides is 3. The molecule has 200 valence electrons. The number of hydrogen-bond acceptors (Lipinski definition) is 6. The molecule has 2 bridgehead atoms. The molecule has 8 atom stereocenters. The number of carbonyl (C=O) groups is 1. The molecule has 2 N–H and O–H groups in total. The molecule has 5 fully saturated rings. The third-order valence-electron chi connectivity index (χ3n) is 8.24. The largest absolute Gasteiger partial charge is 0.416 e. The average molecular weight is 515 g/mol. The molecule has 8 nitrogen and oxygen atoms in total. The van der Waals surface area contributed by atoms with E-state index in [0.29, 0.717) is 5.92 Å². The van der Waals surface area contributed by atoms with Crippen LogP contribution in [0.5, 0.6) is 0 Å². The molecule has 1 aromatic carbocycles. The first-order valence-corrected chi connectivity index (χ1v) is 12.6. The maximum absolute atomic E-state index is 12.7. The predicted molar refractivity (Wildman–Crippen MR) is 121 cm³/mol. The van der Waals surface area contributed by atoms with Gasteiger partial charge in [-0.3, -0.25) is 0 Å². The van der Waals surface area contributed by atoms with Gasteiger partial charge in [-0.15, -0.1) is 0 Å². The van der Waals surface area contributed by atoms with Gasteiger partial charge in [0.2, 0.25) is 5.79 Å². The summed E-state index contributed by atoms with van der Waals surface area (Å²) in [7, 11) is 0. The number of anilines is 1. The molecule has 1 saturated carbocycles. The molecule has 4 saturated heterocycles. The van der Waals surface area contributed by atoms with Crippen LogP contribution in [0, 0.1) is 23.7 Å². The molecule has 0 aromatic heterocycles. The number of amides is 2. The molecular formula is C25H33F3N2O6. The minimum atomic E-state index is -4.43. The number of rotatable bonds is 5. The first-order chi connectivity index (χ1) is 17.0. The summed E-state index contributed by atoms with van der Waals surface area (Å²) in [5.41, 5.74) is -1.18. The van der Waals surface area contributed by atoms with Gasteiger partial charge in [0, 0.05) is 30.5 Å². The van der Waals surface area contributed by atoms with Gasteiger partial charge in [-0.1, -0.05) is 13.8 Å². The fraction of sp³-hybridized carbons (Fsp3) is 0.720. The first-order valence-electron chi connectivity index (χ1n) is 12.6. The summed E-state index contributed by atoms with van der Waals surface area (Å²) < 4.78 is 56.7. The van der Waals surface area contributed by atoms with Crippen LogP contribution in [0.15, 0.2) is 24.3 Å². The summed E-state index contributed by atoms with van der Waals surface area (Å²) in [5.74, 6) is 0.0372. The number of urea groups is 1. The van der Waals surface area contributed by atoms with Gasteiger partial charge in [-0.05, 0) is 62.3 Å². The van der Waals surface area contributed by atoms with E-state index in [9.17, 15) is 18.0 Å². The van der Waals surface area contributed by atoms with E-state index in [1.54, 1.807) is 0 Å². The van der Waals surface area contributed by atoms with Crippen LogP contribution in [-0.4, -0.2) is 43.2 Å². The third-order valence-corrected chi connectivity index (χ3v) is 8.24. The summed E-state index contributed by atoms with van der Waals surface area (Å²) in [4.78, 5) is 24.1. The van der Waals surface area contributed by atoms with Crippen molar-refractivity contribution in [3.05, 3.63) is 29.8 Å². The molecule has 36 heavy (non-hydrogen) atoms. The van der Waals surface area contributed by atoms with Crippen molar-refractivity contribution in [2.24, 2.45) is 23.7 Å². The van der Waals surface area contributed by atoms with Crippen molar-refractivity contribution in [3.63, 3.8) is 0 Å². The highest BCUT2D eigenvalue weighted by Gasteiger charge is 2.69. The molecule has 0 radical (unpaired) electrons. The fourth-order valence-electron chi connectivity index (χ4n) is 6.32. The van der Waals surface area contributed by atoms with Gasteiger partial charge in [-0.2, -0.15) is 13.2 Å². The van der Waals surface area contributed by atoms with Crippen LogP contribution in [0.3, 0.4) is 0 Å². The number of fused-ring (bicyclic) bond motifs is 2. The Labute approximate surface area is 208 Å². The second-order valence-electron chi connectivity index (χ2n) is 10.6. The Morgan fingerprint density at radius 2 is 1.86 bits per heavy atom. The molecule has 4 heterocycles. The van der Waals surface area contributed by atoms with Crippen LogP contribution in [-0.2, 0) is 30.2 Å². The number of nitrogens with one attached hydrogen (secondary N) is 2. The molecule has 0 unspecified atom stereocenters. The van der Waals surface area contributed by atoms with Crippen molar-refractivity contribution < 1.29 is 42.0 Å². The van der Waals surface area contributed by atoms with Crippen molar-refractivity contribution >= 4 is 11.7 Å². The first kappa shape index (κ1) is 25.7.